The largest absolute Gasteiger partial charge is 0.491 e. The molecule has 3 rings (SSSR count). The lowest BCUT2D eigenvalue weighted by atomic mass is 9.79. The van der Waals surface area contributed by atoms with E-state index in [1.165, 1.54) is 0 Å². The highest BCUT2D eigenvalue weighted by Gasteiger charge is 2.27. The Labute approximate surface area is 123 Å². The third kappa shape index (κ3) is 2.37. The Kier molecular flexibility index (Phi) is 3.38. The van der Waals surface area contributed by atoms with E-state index in [9.17, 15) is 5.02 Å². The summed E-state index contributed by atoms with van der Waals surface area (Å²) in [5.41, 5.74) is 4.06. The van der Waals surface area contributed by atoms with Crippen molar-refractivity contribution in [1.82, 2.24) is 4.98 Å². The topological polar surface area (TPSA) is 50.0 Å². The van der Waals surface area contributed by atoms with E-state index in [1.807, 2.05) is 43.1 Å². The summed E-state index contributed by atoms with van der Waals surface area (Å²) in [4.78, 5) is 9.83. The smallest absolute Gasteiger partial charge is 0.423 e. The molecule has 2 aromatic rings. The van der Waals surface area contributed by atoms with Crippen LogP contribution in [0.2, 0.25) is 0 Å². The molecule has 1 aliphatic rings. The van der Waals surface area contributed by atoms with Gasteiger partial charge < -0.3 is 14.6 Å². The SMILES string of the molecule is [C-]#[N+]c1ccc(N(C)c2ccc3c(c2)COB3O)nc1C. The van der Waals surface area contributed by atoms with Gasteiger partial charge in [0.1, 0.15) is 5.82 Å². The van der Waals surface area contributed by atoms with E-state index >= 15 is 0 Å². The molecule has 0 fully saturated rings. The van der Waals surface area contributed by atoms with Gasteiger partial charge in [-0.25, -0.2) is 9.83 Å². The molecule has 1 aliphatic heterocycles. The minimum absolute atomic E-state index is 0.418. The fourth-order valence-corrected chi connectivity index (χ4v) is 2.40. The lowest BCUT2D eigenvalue weighted by molar-refractivity contribution is 0.275. The van der Waals surface area contributed by atoms with Crippen LogP contribution in [0, 0.1) is 13.5 Å². The maximum absolute atomic E-state index is 9.65. The second-order valence-electron chi connectivity index (χ2n) is 4.99. The van der Waals surface area contributed by atoms with Crippen LogP contribution in [0.3, 0.4) is 0 Å². The van der Waals surface area contributed by atoms with Gasteiger partial charge in [-0.2, -0.15) is 0 Å². The Morgan fingerprint density at radius 1 is 1.38 bits per heavy atom. The zero-order chi connectivity index (χ0) is 15.0. The monoisotopic (exact) mass is 279 g/mol. The molecule has 0 unspecified atom stereocenters. The maximum Gasteiger partial charge on any atom is 0.491 e. The molecule has 0 bridgehead atoms. The summed E-state index contributed by atoms with van der Waals surface area (Å²) < 4.78 is 5.20. The Bertz CT molecular complexity index is 742. The fourth-order valence-electron chi connectivity index (χ4n) is 2.40. The zero-order valence-electron chi connectivity index (χ0n) is 11.9. The number of aromatic nitrogens is 1. The van der Waals surface area contributed by atoms with Gasteiger partial charge in [-0.05, 0) is 36.1 Å². The summed E-state index contributed by atoms with van der Waals surface area (Å²) in [5.74, 6) is 0.777. The van der Waals surface area contributed by atoms with Crippen LogP contribution in [0.1, 0.15) is 11.3 Å². The van der Waals surface area contributed by atoms with Crippen LogP contribution >= 0.6 is 0 Å². The van der Waals surface area contributed by atoms with Gasteiger partial charge in [0.2, 0.25) is 5.69 Å². The van der Waals surface area contributed by atoms with E-state index in [2.05, 4.69) is 9.83 Å². The summed E-state index contributed by atoms with van der Waals surface area (Å²) in [6, 6.07) is 9.40. The van der Waals surface area contributed by atoms with E-state index in [-0.39, 0.29) is 0 Å². The van der Waals surface area contributed by atoms with Crippen LogP contribution < -0.4 is 10.4 Å². The summed E-state index contributed by atoms with van der Waals surface area (Å²) >= 11 is 0. The molecule has 1 N–H and O–H groups in total. The molecule has 0 saturated heterocycles. The van der Waals surface area contributed by atoms with Crippen molar-refractivity contribution in [3.8, 4) is 0 Å². The van der Waals surface area contributed by atoms with Gasteiger partial charge in [-0.1, -0.05) is 12.1 Å². The minimum atomic E-state index is -0.822. The quantitative estimate of drug-likeness (QED) is 0.674. The Morgan fingerprint density at radius 3 is 2.90 bits per heavy atom. The normalized spacial score (nSPS) is 13.0. The van der Waals surface area contributed by atoms with E-state index in [0.29, 0.717) is 18.0 Å². The number of nitrogens with zero attached hydrogens (tertiary/aromatic N) is 3. The minimum Gasteiger partial charge on any atom is -0.423 e. The van der Waals surface area contributed by atoms with Crippen molar-refractivity contribution in [3.63, 3.8) is 0 Å². The van der Waals surface area contributed by atoms with Gasteiger partial charge in [0.05, 0.1) is 13.2 Å². The van der Waals surface area contributed by atoms with E-state index in [1.54, 1.807) is 6.07 Å². The number of hydrogen-bond donors (Lipinski definition) is 1. The van der Waals surface area contributed by atoms with Gasteiger partial charge >= 0.3 is 7.12 Å². The highest BCUT2D eigenvalue weighted by atomic mass is 16.5. The number of hydrogen-bond acceptors (Lipinski definition) is 4. The second kappa shape index (κ2) is 5.21. The number of aryl methyl sites for hydroxylation is 1. The van der Waals surface area contributed by atoms with Gasteiger partial charge in [0.25, 0.3) is 0 Å². The van der Waals surface area contributed by atoms with Crippen LogP contribution in [-0.2, 0) is 11.3 Å². The molecule has 0 aliphatic carbocycles. The van der Waals surface area contributed by atoms with E-state index < -0.39 is 7.12 Å². The summed E-state index contributed by atoms with van der Waals surface area (Å²) in [6.07, 6.45) is 0. The molecule has 1 aromatic carbocycles. The molecule has 0 saturated carbocycles. The predicted octanol–water partition coefficient (Wildman–Crippen LogP) is 1.93. The van der Waals surface area contributed by atoms with Crippen LogP contribution in [0.5, 0.6) is 0 Å². The first-order valence-electron chi connectivity index (χ1n) is 6.61. The third-order valence-electron chi connectivity index (χ3n) is 3.68. The van der Waals surface area contributed by atoms with Crippen LogP contribution in [0.15, 0.2) is 30.3 Å². The average molecular weight is 279 g/mol. The molecule has 2 heterocycles. The molecule has 0 radical (unpaired) electrons. The molecular weight excluding hydrogens is 265 g/mol. The first-order chi connectivity index (χ1) is 10.1. The van der Waals surface area contributed by atoms with E-state index in [4.69, 9.17) is 11.2 Å². The molecule has 0 spiro atoms. The second-order valence-corrected chi connectivity index (χ2v) is 4.99. The highest BCUT2D eigenvalue weighted by molar-refractivity contribution is 6.61. The number of fused-ring (bicyclic) bond motifs is 1. The summed E-state index contributed by atoms with van der Waals surface area (Å²) in [7, 11) is 1.10. The molecule has 104 valence electrons. The third-order valence-corrected chi connectivity index (χ3v) is 3.68. The number of anilines is 2. The van der Waals surface area contributed by atoms with Gasteiger partial charge in [-0.3, -0.25) is 0 Å². The Morgan fingerprint density at radius 2 is 2.19 bits per heavy atom. The lowest BCUT2D eigenvalue weighted by Crippen LogP contribution is -2.28. The van der Waals surface area contributed by atoms with Crippen molar-refractivity contribution in [2.45, 2.75) is 13.5 Å². The van der Waals surface area contributed by atoms with Gasteiger partial charge in [0.15, 0.2) is 0 Å². The van der Waals surface area contributed by atoms with E-state index in [0.717, 1.165) is 22.5 Å². The van der Waals surface area contributed by atoms with Gasteiger partial charge in [-0.15, -0.1) is 0 Å². The van der Waals surface area contributed by atoms with Crippen molar-refractivity contribution < 1.29 is 9.68 Å². The van der Waals surface area contributed by atoms with Crippen molar-refractivity contribution >= 4 is 29.8 Å². The van der Waals surface area contributed by atoms with Crippen LogP contribution in [0.25, 0.3) is 4.85 Å². The summed E-state index contributed by atoms with van der Waals surface area (Å²) in [5, 5.41) is 9.65. The number of benzene rings is 1. The number of pyridine rings is 1. The van der Waals surface area contributed by atoms with Gasteiger partial charge in [0, 0.05) is 18.4 Å². The van der Waals surface area contributed by atoms with Crippen molar-refractivity contribution in [1.29, 1.82) is 0 Å². The molecule has 6 heteroatoms. The first kappa shape index (κ1) is 13.6. The average Bonchev–Trinajstić information content (AvgIpc) is 2.87. The fraction of sp³-hybridized carbons (Fsp3) is 0.200. The number of rotatable bonds is 2. The van der Waals surface area contributed by atoms with Crippen molar-refractivity contribution in [2.75, 3.05) is 11.9 Å². The maximum atomic E-state index is 9.65. The predicted molar refractivity (Wildman–Crippen MR) is 82.1 cm³/mol. The molecular formula is C15H14BN3O2. The van der Waals surface area contributed by atoms with Crippen LogP contribution in [-0.4, -0.2) is 24.2 Å². The standard InChI is InChI=1S/C15H14BN3O2/c1-10-14(17-2)6-7-15(18-10)19(3)12-4-5-13-11(8-12)9-21-16(13)20/h4-8,20H,9H2,1,3H3. The molecule has 1 aromatic heterocycles. The molecule has 0 atom stereocenters. The molecule has 5 nitrogen and oxygen atoms in total. The Hall–Kier alpha value is -2.36. The lowest BCUT2D eigenvalue weighted by Gasteiger charge is -2.20. The van der Waals surface area contributed by atoms with Crippen LogP contribution in [0.4, 0.5) is 17.2 Å². The molecule has 21 heavy (non-hydrogen) atoms. The first-order valence-corrected chi connectivity index (χ1v) is 6.61. The summed E-state index contributed by atoms with van der Waals surface area (Å²) in [6.45, 7) is 9.31. The molecule has 0 amide bonds. The highest BCUT2D eigenvalue weighted by Crippen LogP contribution is 2.26. The van der Waals surface area contributed by atoms with Crippen molar-refractivity contribution in [2.24, 2.45) is 0 Å². The Balaban J connectivity index is 1.94. The van der Waals surface area contributed by atoms with Crippen molar-refractivity contribution in [3.05, 3.63) is 53.0 Å². The zero-order valence-corrected chi connectivity index (χ0v) is 11.9.